The highest BCUT2D eigenvalue weighted by atomic mass is 32.2. The summed E-state index contributed by atoms with van der Waals surface area (Å²) >= 11 is 4.01. The molecule has 5 heteroatoms. The first-order chi connectivity index (χ1) is 10.1. The minimum absolute atomic E-state index is 0.147. The highest BCUT2D eigenvalue weighted by molar-refractivity contribution is 8.03. The topological polar surface area (TPSA) is 27.8 Å². The Labute approximate surface area is 133 Å². The van der Waals surface area contributed by atoms with E-state index in [1.54, 1.807) is 12.1 Å². The van der Waals surface area contributed by atoms with E-state index in [0.717, 1.165) is 45.8 Å². The molecule has 1 aromatic heterocycles. The molecular weight excluding hydrogens is 303 g/mol. The second-order valence-electron chi connectivity index (χ2n) is 5.59. The van der Waals surface area contributed by atoms with Crippen LogP contribution in [0, 0.1) is 19.7 Å². The standard InChI is InChI=1S/C16H21FN2S2/c1-10-11(2)19-16-12(5-13(17)6-15(10)16)7-18-14-8-20-3-4-21-9-14/h5-6,14,18-19H,3-4,7-9H2,1-2H3. The molecule has 21 heavy (non-hydrogen) atoms. The Morgan fingerprint density at radius 3 is 2.67 bits per heavy atom. The number of thioether (sulfide) groups is 2. The molecule has 2 N–H and O–H groups in total. The zero-order valence-electron chi connectivity index (χ0n) is 12.5. The van der Waals surface area contributed by atoms with Crippen LogP contribution < -0.4 is 5.32 Å². The Bertz CT molecular complexity index is 631. The maximum absolute atomic E-state index is 13.9. The number of aromatic nitrogens is 1. The van der Waals surface area contributed by atoms with E-state index < -0.39 is 0 Å². The number of halogens is 1. The second kappa shape index (κ2) is 6.63. The monoisotopic (exact) mass is 324 g/mol. The number of fused-ring (bicyclic) bond motifs is 1. The first-order valence-corrected chi connectivity index (χ1v) is 9.62. The SMILES string of the molecule is Cc1[nH]c2c(CNC3CSCCSC3)cc(F)cc2c1C. The number of hydrogen-bond donors (Lipinski definition) is 2. The van der Waals surface area contributed by atoms with Crippen molar-refractivity contribution in [3.8, 4) is 0 Å². The van der Waals surface area contributed by atoms with Crippen molar-refractivity contribution < 1.29 is 4.39 Å². The molecule has 1 aliphatic rings. The van der Waals surface area contributed by atoms with Crippen molar-refractivity contribution in [3.05, 3.63) is 34.8 Å². The Morgan fingerprint density at radius 1 is 1.24 bits per heavy atom. The molecule has 0 unspecified atom stereocenters. The molecule has 1 aromatic carbocycles. The summed E-state index contributed by atoms with van der Waals surface area (Å²) in [5.74, 6) is 4.62. The average Bonchev–Trinajstić information content (AvgIpc) is 2.68. The first kappa shape index (κ1) is 15.3. The zero-order valence-corrected chi connectivity index (χ0v) is 14.1. The molecule has 0 amide bonds. The smallest absolute Gasteiger partial charge is 0.124 e. The van der Waals surface area contributed by atoms with E-state index in [4.69, 9.17) is 0 Å². The number of benzene rings is 1. The summed E-state index contributed by atoms with van der Waals surface area (Å²) in [6.45, 7) is 4.81. The van der Waals surface area contributed by atoms with Crippen molar-refractivity contribution in [2.24, 2.45) is 0 Å². The minimum Gasteiger partial charge on any atom is -0.358 e. The summed E-state index contributed by atoms with van der Waals surface area (Å²) in [7, 11) is 0. The molecule has 0 aliphatic carbocycles. The fourth-order valence-corrected chi connectivity index (χ4v) is 5.18. The Balaban J connectivity index is 1.81. The summed E-state index contributed by atoms with van der Waals surface area (Å²) < 4.78 is 13.9. The lowest BCUT2D eigenvalue weighted by molar-refractivity contribution is 0.596. The summed E-state index contributed by atoms with van der Waals surface area (Å²) in [4.78, 5) is 3.41. The molecule has 3 rings (SSSR count). The average molecular weight is 324 g/mol. The third kappa shape index (κ3) is 3.41. The van der Waals surface area contributed by atoms with Gasteiger partial charge in [-0.2, -0.15) is 23.5 Å². The van der Waals surface area contributed by atoms with Crippen LogP contribution in [0.2, 0.25) is 0 Å². The van der Waals surface area contributed by atoms with E-state index in [-0.39, 0.29) is 5.82 Å². The molecule has 2 aromatic rings. The van der Waals surface area contributed by atoms with Gasteiger partial charge in [-0.1, -0.05) is 0 Å². The first-order valence-electron chi connectivity index (χ1n) is 7.31. The number of aryl methyl sites for hydroxylation is 2. The zero-order chi connectivity index (χ0) is 14.8. The van der Waals surface area contributed by atoms with Crippen LogP contribution >= 0.6 is 23.5 Å². The lowest BCUT2D eigenvalue weighted by Gasteiger charge is -2.16. The van der Waals surface area contributed by atoms with E-state index in [1.807, 2.05) is 37.4 Å². The fourth-order valence-electron chi connectivity index (χ4n) is 2.72. The van der Waals surface area contributed by atoms with Crippen LogP contribution in [0.3, 0.4) is 0 Å². The Hall–Kier alpha value is -0.650. The third-order valence-corrected chi connectivity index (χ3v) is 6.58. The molecule has 1 fully saturated rings. The number of nitrogens with one attached hydrogen (secondary N) is 2. The van der Waals surface area contributed by atoms with Crippen molar-refractivity contribution in [1.29, 1.82) is 0 Å². The van der Waals surface area contributed by atoms with Crippen molar-refractivity contribution in [1.82, 2.24) is 10.3 Å². The van der Waals surface area contributed by atoms with Gasteiger partial charge in [-0.25, -0.2) is 4.39 Å². The molecule has 0 radical (unpaired) electrons. The Morgan fingerprint density at radius 2 is 1.95 bits per heavy atom. The van der Waals surface area contributed by atoms with Crippen molar-refractivity contribution in [2.45, 2.75) is 26.4 Å². The molecular formula is C16H21FN2S2. The van der Waals surface area contributed by atoms with Gasteiger partial charge in [-0.05, 0) is 37.1 Å². The van der Waals surface area contributed by atoms with Gasteiger partial charge in [0.15, 0.2) is 0 Å². The molecule has 1 aliphatic heterocycles. The second-order valence-corrected chi connectivity index (χ2v) is 7.89. The van der Waals surface area contributed by atoms with Crippen LogP contribution in [0.25, 0.3) is 10.9 Å². The summed E-state index contributed by atoms with van der Waals surface area (Å²) in [6.07, 6.45) is 0. The molecule has 114 valence electrons. The Kier molecular flexibility index (Phi) is 4.82. The molecule has 1 saturated heterocycles. The number of H-pyrrole nitrogens is 1. The summed E-state index contributed by atoms with van der Waals surface area (Å²) in [5.41, 5.74) is 4.37. The lowest BCUT2D eigenvalue weighted by Crippen LogP contribution is -2.32. The molecule has 0 saturated carbocycles. The van der Waals surface area contributed by atoms with Gasteiger partial charge in [0, 0.05) is 46.7 Å². The molecule has 0 bridgehead atoms. The van der Waals surface area contributed by atoms with Crippen molar-refractivity contribution >= 4 is 34.4 Å². The predicted molar refractivity (Wildman–Crippen MR) is 93.0 cm³/mol. The lowest BCUT2D eigenvalue weighted by atomic mass is 10.1. The summed E-state index contributed by atoms with van der Waals surface area (Å²) in [6, 6.07) is 3.80. The van der Waals surface area contributed by atoms with Crippen molar-refractivity contribution in [2.75, 3.05) is 23.0 Å². The predicted octanol–water partition coefficient (Wildman–Crippen LogP) is 3.86. The van der Waals surface area contributed by atoms with Crippen molar-refractivity contribution in [3.63, 3.8) is 0 Å². The molecule has 2 nitrogen and oxygen atoms in total. The van der Waals surface area contributed by atoms with Crippen LogP contribution in [0.15, 0.2) is 12.1 Å². The molecule has 2 heterocycles. The minimum atomic E-state index is -0.147. The highest BCUT2D eigenvalue weighted by Gasteiger charge is 2.15. The van der Waals surface area contributed by atoms with E-state index in [9.17, 15) is 4.39 Å². The van der Waals surface area contributed by atoms with Crippen LogP contribution in [-0.4, -0.2) is 34.0 Å². The largest absolute Gasteiger partial charge is 0.358 e. The van der Waals surface area contributed by atoms with Gasteiger partial charge < -0.3 is 10.3 Å². The maximum Gasteiger partial charge on any atom is 0.124 e. The summed E-state index contributed by atoms with van der Waals surface area (Å²) in [5, 5.41) is 4.61. The van der Waals surface area contributed by atoms with E-state index in [0.29, 0.717) is 6.04 Å². The fraction of sp³-hybridized carbons (Fsp3) is 0.500. The van der Waals surface area contributed by atoms with E-state index >= 15 is 0 Å². The van der Waals surface area contributed by atoms with Crippen LogP contribution in [0.4, 0.5) is 4.39 Å². The van der Waals surface area contributed by atoms with E-state index in [1.165, 1.54) is 11.5 Å². The highest BCUT2D eigenvalue weighted by Crippen LogP contribution is 2.26. The van der Waals surface area contributed by atoms with E-state index in [2.05, 4.69) is 10.3 Å². The van der Waals surface area contributed by atoms with Gasteiger partial charge in [0.2, 0.25) is 0 Å². The quantitative estimate of drug-likeness (QED) is 0.898. The van der Waals surface area contributed by atoms with Crippen LogP contribution in [0.1, 0.15) is 16.8 Å². The van der Waals surface area contributed by atoms with Gasteiger partial charge in [0.05, 0.1) is 5.52 Å². The van der Waals surface area contributed by atoms with Gasteiger partial charge in [-0.3, -0.25) is 0 Å². The van der Waals surface area contributed by atoms with Gasteiger partial charge in [0.1, 0.15) is 5.82 Å². The number of hydrogen-bond acceptors (Lipinski definition) is 3. The number of rotatable bonds is 3. The maximum atomic E-state index is 13.9. The number of aromatic amines is 1. The normalized spacial score (nSPS) is 17.3. The van der Waals surface area contributed by atoms with Crippen LogP contribution in [0.5, 0.6) is 0 Å². The van der Waals surface area contributed by atoms with Crippen LogP contribution in [-0.2, 0) is 6.54 Å². The van der Waals surface area contributed by atoms with Gasteiger partial charge in [-0.15, -0.1) is 0 Å². The molecule has 0 spiro atoms. The van der Waals surface area contributed by atoms with Gasteiger partial charge in [0.25, 0.3) is 0 Å². The molecule has 0 atom stereocenters. The van der Waals surface area contributed by atoms with Gasteiger partial charge >= 0.3 is 0 Å². The third-order valence-electron chi connectivity index (χ3n) is 4.06.